The first-order chi connectivity index (χ1) is 5.33. The van der Waals surface area contributed by atoms with Gasteiger partial charge >= 0.3 is 0 Å². The quantitative estimate of drug-likeness (QED) is 0.580. The normalized spacial score (nSPS) is 9.91. The molecule has 1 aromatic rings. The second-order valence-electron chi connectivity index (χ2n) is 2.07. The summed E-state index contributed by atoms with van der Waals surface area (Å²) in [5.41, 5.74) is 5.40. The van der Waals surface area contributed by atoms with Crippen molar-refractivity contribution in [2.45, 2.75) is 6.42 Å². The lowest BCUT2D eigenvalue weighted by Crippen LogP contribution is -2.01. The summed E-state index contributed by atoms with van der Waals surface area (Å²) in [6.45, 7) is 0.972. The Morgan fingerprint density at radius 1 is 1.73 bits per heavy atom. The minimum absolute atomic E-state index is 0.210. The molecule has 0 atom stereocenters. The Balaban J connectivity index is 2.27. The van der Waals surface area contributed by atoms with Crippen LogP contribution in [-0.2, 0) is 0 Å². The Kier molecular flexibility index (Phi) is 3.13. The lowest BCUT2D eigenvalue weighted by molar-refractivity contribution is 0.292. The summed E-state index contributed by atoms with van der Waals surface area (Å²) in [7, 11) is 0. The predicted octanol–water partition coefficient (Wildman–Crippen LogP) is 0.520. The second-order valence-corrected chi connectivity index (χ2v) is 3.13. The number of rotatable bonds is 4. The number of hydrogen-bond acceptors (Lipinski definition) is 5. The molecule has 11 heavy (non-hydrogen) atoms. The van der Waals surface area contributed by atoms with Crippen molar-refractivity contribution in [3.8, 4) is 0 Å². The van der Waals surface area contributed by atoms with E-state index in [0.717, 1.165) is 18.0 Å². The summed E-state index contributed by atoms with van der Waals surface area (Å²) in [5.74, 6) is 0. The molecule has 0 radical (unpaired) electrons. The van der Waals surface area contributed by atoms with E-state index in [-0.39, 0.29) is 6.61 Å². The van der Waals surface area contributed by atoms with E-state index in [1.54, 1.807) is 6.20 Å². The molecule has 0 bridgehead atoms. The summed E-state index contributed by atoms with van der Waals surface area (Å²) in [4.78, 5) is 3.87. The van der Waals surface area contributed by atoms with Gasteiger partial charge in [0.25, 0.3) is 0 Å². The van der Waals surface area contributed by atoms with E-state index in [2.05, 4.69) is 10.3 Å². The number of nitrogens with two attached hydrogens (primary N) is 1. The molecule has 0 saturated heterocycles. The fourth-order valence-corrected chi connectivity index (χ4v) is 1.27. The second kappa shape index (κ2) is 4.15. The third kappa shape index (κ3) is 2.73. The number of aromatic nitrogens is 1. The van der Waals surface area contributed by atoms with Gasteiger partial charge in [-0.05, 0) is 6.42 Å². The van der Waals surface area contributed by atoms with Gasteiger partial charge in [0.05, 0.1) is 6.20 Å². The Labute approximate surface area is 69.1 Å². The molecule has 1 heterocycles. The maximum Gasteiger partial charge on any atom is 0.181 e. The van der Waals surface area contributed by atoms with Crippen molar-refractivity contribution in [1.82, 2.24) is 4.98 Å². The standard InChI is InChI=1S/C6H11N3OS/c7-6-9-4-5(11-6)8-2-1-3-10/h4,8,10H,1-3H2,(H2,7,9). The third-order valence-corrected chi connectivity index (χ3v) is 1.94. The van der Waals surface area contributed by atoms with Crippen molar-refractivity contribution in [3.05, 3.63) is 6.20 Å². The van der Waals surface area contributed by atoms with E-state index in [9.17, 15) is 0 Å². The summed E-state index contributed by atoms with van der Waals surface area (Å²) >= 11 is 1.41. The molecule has 1 rings (SSSR count). The molecule has 0 spiro atoms. The van der Waals surface area contributed by atoms with E-state index >= 15 is 0 Å². The number of aliphatic hydroxyl groups excluding tert-OH is 1. The molecule has 0 fully saturated rings. The zero-order valence-corrected chi connectivity index (χ0v) is 6.90. The van der Waals surface area contributed by atoms with Gasteiger partial charge in [0.2, 0.25) is 0 Å². The summed E-state index contributed by atoms with van der Waals surface area (Å²) in [6, 6.07) is 0. The maximum absolute atomic E-state index is 8.47. The molecule has 0 unspecified atom stereocenters. The van der Waals surface area contributed by atoms with Gasteiger partial charge in [-0.3, -0.25) is 0 Å². The number of thiazole rings is 1. The Morgan fingerprint density at radius 2 is 2.55 bits per heavy atom. The van der Waals surface area contributed by atoms with Gasteiger partial charge in [-0.1, -0.05) is 11.3 Å². The van der Waals surface area contributed by atoms with Gasteiger partial charge in [0.1, 0.15) is 5.00 Å². The summed E-state index contributed by atoms with van der Waals surface area (Å²) in [6.07, 6.45) is 2.44. The van der Waals surface area contributed by atoms with Crippen LogP contribution >= 0.6 is 11.3 Å². The first kappa shape index (κ1) is 8.29. The van der Waals surface area contributed by atoms with E-state index in [1.807, 2.05) is 0 Å². The molecule has 0 amide bonds. The number of hydrogen-bond donors (Lipinski definition) is 3. The van der Waals surface area contributed by atoms with E-state index < -0.39 is 0 Å². The van der Waals surface area contributed by atoms with E-state index in [4.69, 9.17) is 10.8 Å². The monoisotopic (exact) mass is 173 g/mol. The van der Waals surface area contributed by atoms with Gasteiger partial charge in [-0.2, -0.15) is 0 Å². The highest BCUT2D eigenvalue weighted by molar-refractivity contribution is 7.19. The number of aliphatic hydroxyl groups is 1. The third-order valence-electron chi connectivity index (χ3n) is 1.16. The molecule has 0 aliphatic carbocycles. The van der Waals surface area contributed by atoms with Crippen molar-refractivity contribution in [2.24, 2.45) is 0 Å². The summed E-state index contributed by atoms with van der Waals surface area (Å²) < 4.78 is 0. The van der Waals surface area contributed by atoms with Crippen molar-refractivity contribution in [3.63, 3.8) is 0 Å². The van der Waals surface area contributed by atoms with Crippen LogP contribution in [0, 0.1) is 0 Å². The lowest BCUT2D eigenvalue weighted by atomic mass is 10.4. The molecule has 0 saturated carbocycles. The largest absolute Gasteiger partial charge is 0.396 e. The molecule has 1 aromatic heterocycles. The highest BCUT2D eigenvalue weighted by Gasteiger charge is 1.95. The molecular formula is C6H11N3OS. The Hall–Kier alpha value is -0.810. The van der Waals surface area contributed by atoms with Crippen LogP contribution in [-0.4, -0.2) is 23.2 Å². The summed E-state index contributed by atoms with van der Waals surface area (Å²) in [5, 5.41) is 13.1. The Morgan fingerprint density at radius 3 is 3.09 bits per heavy atom. The van der Waals surface area contributed by atoms with Crippen LogP contribution in [0.15, 0.2) is 6.20 Å². The van der Waals surface area contributed by atoms with E-state index in [1.165, 1.54) is 11.3 Å². The molecule has 4 N–H and O–H groups in total. The van der Waals surface area contributed by atoms with Crippen LogP contribution in [0.4, 0.5) is 10.1 Å². The maximum atomic E-state index is 8.47. The van der Waals surface area contributed by atoms with Crippen LogP contribution in [0.25, 0.3) is 0 Å². The van der Waals surface area contributed by atoms with Crippen LogP contribution in [0.3, 0.4) is 0 Å². The van der Waals surface area contributed by atoms with Crippen LogP contribution in [0.1, 0.15) is 6.42 Å². The zero-order valence-electron chi connectivity index (χ0n) is 6.08. The highest BCUT2D eigenvalue weighted by atomic mass is 32.1. The Bertz CT molecular complexity index is 213. The van der Waals surface area contributed by atoms with Crippen molar-refractivity contribution >= 4 is 21.5 Å². The van der Waals surface area contributed by atoms with Crippen molar-refractivity contribution in [1.29, 1.82) is 0 Å². The van der Waals surface area contributed by atoms with Gasteiger partial charge in [0, 0.05) is 13.2 Å². The minimum Gasteiger partial charge on any atom is -0.396 e. The average molecular weight is 173 g/mol. The van der Waals surface area contributed by atoms with Crippen LogP contribution in [0.2, 0.25) is 0 Å². The molecule has 62 valence electrons. The number of nitrogens with zero attached hydrogens (tertiary/aromatic N) is 1. The van der Waals surface area contributed by atoms with Crippen molar-refractivity contribution < 1.29 is 5.11 Å². The lowest BCUT2D eigenvalue weighted by Gasteiger charge is -1.98. The molecule has 4 nitrogen and oxygen atoms in total. The molecule has 0 aliphatic heterocycles. The molecular weight excluding hydrogens is 162 g/mol. The predicted molar refractivity (Wildman–Crippen MR) is 46.7 cm³/mol. The van der Waals surface area contributed by atoms with Crippen LogP contribution in [0.5, 0.6) is 0 Å². The first-order valence-electron chi connectivity index (χ1n) is 3.39. The number of nitrogen functional groups attached to an aromatic ring is 1. The number of anilines is 2. The SMILES string of the molecule is Nc1ncc(NCCCO)s1. The average Bonchev–Trinajstić information content (AvgIpc) is 2.37. The van der Waals surface area contributed by atoms with Gasteiger partial charge < -0.3 is 16.2 Å². The minimum atomic E-state index is 0.210. The smallest absolute Gasteiger partial charge is 0.181 e. The number of nitrogens with one attached hydrogen (secondary N) is 1. The first-order valence-corrected chi connectivity index (χ1v) is 4.20. The molecule has 0 aliphatic rings. The fourth-order valence-electron chi connectivity index (χ4n) is 0.660. The topological polar surface area (TPSA) is 71.2 Å². The van der Waals surface area contributed by atoms with Gasteiger partial charge in [-0.15, -0.1) is 0 Å². The fraction of sp³-hybridized carbons (Fsp3) is 0.500. The van der Waals surface area contributed by atoms with Gasteiger partial charge in [-0.25, -0.2) is 4.98 Å². The van der Waals surface area contributed by atoms with Gasteiger partial charge in [0.15, 0.2) is 5.13 Å². The highest BCUT2D eigenvalue weighted by Crippen LogP contribution is 2.19. The zero-order chi connectivity index (χ0) is 8.10. The molecule has 0 aromatic carbocycles. The van der Waals surface area contributed by atoms with Crippen molar-refractivity contribution in [2.75, 3.05) is 24.2 Å². The molecule has 5 heteroatoms. The van der Waals surface area contributed by atoms with E-state index in [0.29, 0.717) is 5.13 Å². The van der Waals surface area contributed by atoms with Crippen LogP contribution < -0.4 is 11.1 Å².